The highest BCUT2D eigenvalue weighted by Crippen LogP contribution is 2.43. The van der Waals surface area contributed by atoms with Gasteiger partial charge in [0.15, 0.2) is 0 Å². The number of nitro benzene ring substituents is 1. The van der Waals surface area contributed by atoms with Crippen LogP contribution in [-0.4, -0.2) is 10.8 Å². The monoisotopic (exact) mass is 331 g/mol. The van der Waals surface area contributed by atoms with Gasteiger partial charge < -0.3 is 5.32 Å². The molecule has 0 atom stereocenters. The van der Waals surface area contributed by atoms with Crippen LogP contribution in [0.25, 0.3) is 0 Å². The number of nitrogens with one attached hydrogen (secondary N) is 1. The van der Waals surface area contributed by atoms with Crippen molar-refractivity contribution in [1.82, 2.24) is 0 Å². The topological polar surface area (TPSA) is 75.5 Å². The summed E-state index contributed by atoms with van der Waals surface area (Å²) in [5, 5.41) is 14.1. The van der Waals surface area contributed by atoms with Crippen LogP contribution in [0.1, 0.15) is 10.4 Å². The largest absolute Gasteiger partial charge is 0.352 e. The normalized spacial score (nSPS) is 11.9. The van der Waals surface area contributed by atoms with Crippen molar-refractivity contribution in [3.05, 3.63) is 88.5 Å². The van der Waals surface area contributed by atoms with Gasteiger partial charge in [0.25, 0.3) is 11.6 Å². The molecule has 0 bridgehead atoms. The van der Waals surface area contributed by atoms with Crippen LogP contribution >= 0.6 is 0 Å². The minimum absolute atomic E-state index is 0.0438. The molecule has 1 amide bonds. The molecule has 0 unspecified atom stereocenters. The first-order valence-electron chi connectivity index (χ1n) is 7.69. The summed E-state index contributed by atoms with van der Waals surface area (Å²) in [5.41, 5.74) is 3.48. The molecule has 0 aliphatic carbocycles. The maximum Gasteiger partial charge on any atom is 0.269 e. The summed E-state index contributed by atoms with van der Waals surface area (Å²) in [5.74, 6) is -0.240. The Bertz CT molecular complexity index is 938. The minimum atomic E-state index is -0.482. The van der Waals surface area contributed by atoms with Gasteiger partial charge in [-0.05, 0) is 36.4 Å². The second-order valence-electron chi connectivity index (χ2n) is 5.60. The number of hydrogen-bond donors (Lipinski definition) is 1. The quantitative estimate of drug-likeness (QED) is 0.549. The first-order chi connectivity index (χ1) is 12.1. The van der Waals surface area contributed by atoms with Crippen LogP contribution in [0, 0.1) is 10.1 Å². The highest BCUT2D eigenvalue weighted by Gasteiger charge is 2.28. The van der Waals surface area contributed by atoms with Crippen LogP contribution in [0.3, 0.4) is 0 Å². The van der Waals surface area contributed by atoms with Crippen molar-refractivity contribution in [2.24, 2.45) is 0 Å². The Morgan fingerprint density at radius 3 is 1.88 bits per heavy atom. The van der Waals surface area contributed by atoms with E-state index in [-0.39, 0.29) is 11.6 Å². The molecule has 3 aromatic carbocycles. The summed E-state index contributed by atoms with van der Waals surface area (Å²) in [6, 6.07) is 20.7. The number of carbonyl (C=O) groups excluding carboxylic acids is 1. The van der Waals surface area contributed by atoms with Gasteiger partial charge in [-0.3, -0.25) is 19.8 Å². The van der Waals surface area contributed by atoms with E-state index in [9.17, 15) is 14.9 Å². The summed E-state index contributed by atoms with van der Waals surface area (Å²) in [6.07, 6.45) is 0. The van der Waals surface area contributed by atoms with E-state index in [1.807, 2.05) is 48.5 Å². The fourth-order valence-corrected chi connectivity index (χ4v) is 2.90. The summed E-state index contributed by atoms with van der Waals surface area (Å²) >= 11 is 0. The Balaban J connectivity index is 1.81. The predicted octanol–water partition coefficient (Wildman–Crippen LogP) is 4.63. The Labute approximate surface area is 143 Å². The lowest BCUT2D eigenvalue weighted by atomic mass is 10.1. The molecular formula is C19H13N3O3. The maximum atomic E-state index is 13.1. The molecule has 6 heteroatoms. The minimum Gasteiger partial charge on any atom is -0.352 e. The van der Waals surface area contributed by atoms with Crippen LogP contribution < -0.4 is 10.2 Å². The fourth-order valence-electron chi connectivity index (χ4n) is 2.90. The van der Waals surface area contributed by atoms with Crippen molar-refractivity contribution >= 4 is 34.3 Å². The van der Waals surface area contributed by atoms with E-state index in [1.54, 1.807) is 4.90 Å². The van der Waals surface area contributed by atoms with Crippen LogP contribution in [0.5, 0.6) is 0 Å². The number of amides is 1. The lowest BCUT2D eigenvalue weighted by Gasteiger charge is -2.32. The molecule has 0 spiro atoms. The zero-order valence-electron chi connectivity index (χ0n) is 13.0. The molecule has 4 rings (SSSR count). The molecule has 3 aromatic rings. The molecule has 0 radical (unpaired) electrons. The molecule has 25 heavy (non-hydrogen) atoms. The number of non-ortho nitro benzene ring substituents is 1. The third kappa shape index (κ3) is 2.49. The predicted molar refractivity (Wildman–Crippen MR) is 95.7 cm³/mol. The molecule has 1 heterocycles. The summed E-state index contributed by atoms with van der Waals surface area (Å²) in [4.78, 5) is 25.1. The summed E-state index contributed by atoms with van der Waals surface area (Å²) in [6.45, 7) is 0. The van der Waals surface area contributed by atoms with E-state index in [1.165, 1.54) is 24.3 Å². The number of rotatable bonds is 2. The number of fused-ring (bicyclic) bond motifs is 2. The SMILES string of the molecule is O=C(c1ccc([N+](=O)[O-])cc1)N1c2ccccc2Nc2ccccc21. The number of anilines is 4. The van der Waals surface area contributed by atoms with Gasteiger partial charge in [-0.2, -0.15) is 0 Å². The first kappa shape index (κ1) is 14.9. The number of nitro groups is 1. The van der Waals surface area contributed by atoms with Gasteiger partial charge in [-0.1, -0.05) is 24.3 Å². The fraction of sp³-hybridized carbons (Fsp3) is 0. The molecule has 122 valence electrons. The Kier molecular flexibility index (Phi) is 3.43. The van der Waals surface area contributed by atoms with E-state index < -0.39 is 4.92 Å². The van der Waals surface area contributed by atoms with Crippen molar-refractivity contribution in [3.63, 3.8) is 0 Å². The van der Waals surface area contributed by atoms with Gasteiger partial charge in [0.2, 0.25) is 0 Å². The Morgan fingerprint density at radius 1 is 0.840 bits per heavy atom. The number of para-hydroxylation sites is 4. The second kappa shape index (κ2) is 5.76. The Hall–Kier alpha value is -3.67. The van der Waals surface area contributed by atoms with Gasteiger partial charge in [0.05, 0.1) is 27.7 Å². The van der Waals surface area contributed by atoms with Gasteiger partial charge in [0, 0.05) is 17.7 Å². The standard InChI is InChI=1S/C19H13N3O3/c23-19(13-9-11-14(12-10-13)22(24)25)21-17-7-3-1-5-15(17)20-16-6-2-4-8-18(16)21/h1-12,20H. The zero-order chi connectivity index (χ0) is 17.4. The molecule has 0 saturated carbocycles. The molecule has 1 aliphatic rings. The molecule has 0 aromatic heterocycles. The van der Waals surface area contributed by atoms with Crippen molar-refractivity contribution < 1.29 is 9.72 Å². The molecule has 1 aliphatic heterocycles. The summed E-state index contributed by atoms with van der Waals surface area (Å²) in [7, 11) is 0. The van der Waals surface area contributed by atoms with Crippen LogP contribution in [0.4, 0.5) is 28.4 Å². The second-order valence-corrected chi connectivity index (χ2v) is 5.60. The molecule has 1 N–H and O–H groups in total. The molecular weight excluding hydrogens is 318 g/mol. The molecule has 0 saturated heterocycles. The Morgan fingerprint density at radius 2 is 1.36 bits per heavy atom. The van der Waals surface area contributed by atoms with Crippen LogP contribution in [0.2, 0.25) is 0 Å². The van der Waals surface area contributed by atoms with Gasteiger partial charge >= 0.3 is 0 Å². The van der Waals surface area contributed by atoms with E-state index in [0.717, 1.165) is 22.7 Å². The maximum absolute atomic E-state index is 13.1. The number of benzene rings is 3. The number of nitrogens with zero attached hydrogens (tertiary/aromatic N) is 2. The average Bonchev–Trinajstić information content (AvgIpc) is 2.65. The lowest BCUT2D eigenvalue weighted by Crippen LogP contribution is -2.29. The molecule has 0 fully saturated rings. The van der Waals surface area contributed by atoms with Crippen molar-refractivity contribution in [3.8, 4) is 0 Å². The lowest BCUT2D eigenvalue weighted by molar-refractivity contribution is -0.384. The third-order valence-electron chi connectivity index (χ3n) is 4.09. The van der Waals surface area contributed by atoms with E-state index in [0.29, 0.717) is 5.56 Å². The highest BCUT2D eigenvalue weighted by molar-refractivity contribution is 6.16. The van der Waals surface area contributed by atoms with Gasteiger partial charge in [-0.15, -0.1) is 0 Å². The van der Waals surface area contributed by atoms with Crippen molar-refractivity contribution in [1.29, 1.82) is 0 Å². The van der Waals surface area contributed by atoms with Crippen LogP contribution in [-0.2, 0) is 0 Å². The first-order valence-corrected chi connectivity index (χ1v) is 7.69. The van der Waals surface area contributed by atoms with E-state index >= 15 is 0 Å². The van der Waals surface area contributed by atoms with Crippen molar-refractivity contribution in [2.45, 2.75) is 0 Å². The van der Waals surface area contributed by atoms with Gasteiger partial charge in [0.1, 0.15) is 0 Å². The number of hydrogen-bond acceptors (Lipinski definition) is 4. The van der Waals surface area contributed by atoms with E-state index in [2.05, 4.69) is 5.32 Å². The molecule has 6 nitrogen and oxygen atoms in total. The highest BCUT2D eigenvalue weighted by atomic mass is 16.6. The third-order valence-corrected chi connectivity index (χ3v) is 4.09. The number of carbonyl (C=O) groups is 1. The van der Waals surface area contributed by atoms with Crippen LogP contribution in [0.15, 0.2) is 72.8 Å². The van der Waals surface area contributed by atoms with E-state index in [4.69, 9.17) is 0 Å². The smallest absolute Gasteiger partial charge is 0.269 e. The zero-order valence-corrected chi connectivity index (χ0v) is 13.0. The average molecular weight is 331 g/mol. The summed E-state index contributed by atoms with van der Waals surface area (Å²) < 4.78 is 0. The van der Waals surface area contributed by atoms with Crippen molar-refractivity contribution in [2.75, 3.05) is 10.2 Å². The van der Waals surface area contributed by atoms with Gasteiger partial charge in [-0.25, -0.2) is 0 Å².